The minimum absolute atomic E-state index is 0.0927. The molecule has 0 amide bonds. The van der Waals surface area contributed by atoms with Gasteiger partial charge in [0.1, 0.15) is 0 Å². The summed E-state index contributed by atoms with van der Waals surface area (Å²) in [5.41, 5.74) is 7.50. The van der Waals surface area contributed by atoms with E-state index in [1.54, 1.807) is 6.33 Å². The van der Waals surface area contributed by atoms with Gasteiger partial charge >= 0.3 is 0 Å². The SMILES string of the molecule is CC(N)c1ncn2cccc(Cl)c12. The smallest absolute Gasteiger partial charge is 0.0996 e. The van der Waals surface area contributed by atoms with E-state index in [2.05, 4.69) is 4.98 Å². The summed E-state index contributed by atoms with van der Waals surface area (Å²) < 4.78 is 1.88. The number of aromatic nitrogens is 2. The fraction of sp³-hybridized carbons (Fsp3) is 0.222. The molecule has 3 nitrogen and oxygen atoms in total. The van der Waals surface area contributed by atoms with Crippen LogP contribution in [0.4, 0.5) is 0 Å². The monoisotopic (exact) mass is 195 g/mol. The van der Waals surface area contributed by atoms with Crippen molar-refractivity contribution in [2.45, 2.75) is 13.0 Å². The molecule has 0 saturated heterocycles. The van der Waals surface area contributed by atoms with Gasteiger partial charge in [-0.3, -0.25) is 0 Å². The lowest BCUT2D eigenvalue weighted by atomic mass is 10.2. The summed E-state index contributed by atoms with van der Waals surface area (Å²) in [6.45, 7) is 1.89. The van der Waals surface area contributed by atoms with Crippen molar-refractivity contribution in [1.82, 2.24) is 9.38 Å². The molecule has 4 heteroatoms. The van der Waals surface area contributed by atoms with Crippen molar-refractivity contribution < 1.29 is 0 Å². The number of imidazole rings is 1. The molecule has 68 valence electrons. The summed E-state index contributed by atoms with van der Waals surface area (Å²) in [4.78, 5) is 4.21. The van der Waals surface area contributed by atoms with E-state index in [-0.39, 0.29) is 6.04 Å². The zero-order chi connectivity index (χ0) is 9.42. The van der Waals surface area contributed by atoms with E-state index in [1.165, 1.54) is 0 Å². The van der Waals surface area contributed by atoms with E-state index >= 15 is 0 Å². The second-order valence-corrected chi connectivity index (χ2v) is 3.44. The molecule has 0 aliphatic heterocycles. The summed E-state index contributed by atoms with van der Waals surface area (Å²) in [6.07, 6.45) is 3.62. The lowest BCUT2D eigenvalue weighted by Crippen LogP contribution is -2.05. The molecule has 13 heavy (non-hydrogen) atoms. The number of hydrogen-bond donors (Lipinski definition) is 1. The van der Waals surface area contributed by atoms with Crippen LogP contribution in [0.5, 0.6) is 0 Å². The topological polar surface area (TPSA) is 43.3 Å². The fourth-order valence-electron chi connectivity index (χ4n) is 1.37. The molecular formula is C9H10ClN3. The van der Waals surface area contributed by atoms with Crippen LogP contribution in [0.1, 0.15) is 18.7 Å². The first-order valence-electron chi connectivity index (χ1n) is 4.07. The van der Waals surface area contributed by atoms with Crippen LogP contribution >= 0.6 is 11.6 Å². The first-order valence-corrected chi connectivity index (χ1v) is 4.44. The lowest BCUT2D eigenvalue weighted by molar-refractivity contribution is 0.796. The average molecular weight is 196 g/mol. The minimum atomic E-state index is -0.0927. The van der Waals surface area contributed by atoms with Gasteiger partial charge in [0.15, 0.2) is 0 Å². The van der Waals surface area contributed by atoms with Crippen molar-refractivity contribution in [1.29, 1.82) is 0 Å². The summed E-state index contributed by atoms with van der Waals surface area (Å²) in [5, 5.41) is 0.687. The maximum atomic E-state index is 6.03. The zero-order valence-corrected chi connectivity index (χ0v) is 7.99. The van der Waals surface area contributed by atoms with Crippen molar-refractivity contribution >= 4 is 17.1 Å². The molecular weight excluding hydrogens is 186 g/mol. The quantitative estimate of drug-likeness (QED) is 0.757. The van der Waals surface area contributed by atoms with Crippen molar-refractivity contribution in [2.24, 2.45) is 5.73 Å². The van der Waals surface area contributed by atoms with Crippen LogP contribution in [0.15, 0.2) is 24.7 Å². The molecule has 2 aromatic rings. The second-order valence-electron chi connectivity index (χ2n) is 3.03. The van der Waals surface area contributed by atoms with Crippen LogP contribution in [0.25, 0.3) is 5.52 Å². The largest absolute Gasteiger partial charge is 0.323 e. The highest BCUT2D eigenvalue weighted by Crippen LogP contribution is 2.23. The lowest BCUT2D eigenvalue weighted by Gasteiger charge is -2.02. The Labute approximate surface area is 81.1 Å². The van der Waals surface area contributed by atoms with Crippen LogP contribution in [0.2, 0.25) is 5.02 Å². The molecule has 2 heterocycles. The first kappa shape index (κ1) is 8.53. The summed E-state index contributed by atoms with van der Waals surface area (Å²) in [6, 6.07) is 3.62. The second kappa shape index (κ2) is 3.01. The summed E-state index contributed by atoms with van der Waals surface area (Å²) in [5.74, 6) is 0. The fourth-order valence-corrected chi connectivity index (χ4v) is 1.63. The molecule has 0 saturated carbocycles. The number of nitrogens with zero attached hydrogens (tertiary/aromatic N) is 2. The minimum Gasteiger partial charge on any atom is -0.323 e. The normalized spacial score (nSPS) is 13.5. The Morgan fingerprint density at radius 1 is 1.62 bits per heavy atom. The molecule has 0 spiro atoms. The van der Waals surface area contributed by atoms with E-state index < -0.39 is 0 Å². The van der Waals surface area contributed by atoms with E-state index in [9.17, 15) is 0 Å². The Morgan fingerprint density at radius 2 is 2.38 bits per heavy atom. The van der Waals surface area contributed by atoms with Crippen molar-refractivity contribution in [3.8, 4) is 0 Å². The molecule has 0 bridgehead atoms. The maximum Gasteiger partial charge on any atom is 0.0996 e. The van der Waals surface area contributed by atoms with Crippen molar-refractivity contribution in [3.05, 3.63) is 35.4 Å². The predicted octanol–water partition coefficient (Wildman–Crippen LogP) is 2.01. The van der Waals surface area contributed by atoms with Crippen molar-refractivity contribution in [2.75, 3.05) is 0 Å². The number of rotatable bonds is 1. The highest BCUT2D eigenvalue weighted by atomic mass is 35.5. The Hall–Kier alpha value is -1.06. The van der Waals surface area contributed by atoms with Crippen molar-refractivity contribution in [3.63, 3.8) is 0 Å². The molecule has 2 N–H and O–H groups in total. The Morgan fingerprint density at radius 3 is 3.08 bits per heavy atom. The third-order valence-corrected chi connectivity index (χ3v) is 2.27. The third kappa shape index (κ3) is 1.30. The number of pyridine rings is 1. The number of nitrogens with two attached hydrogens (primary N) is 1. The summed E-state index contributed by atoms with van der Waals surface area (Å²) in [7, 11) is 0. The van der Waals surface area contributed by atoms with Crippen LogP contribution in [0.3, 0.4) is 0 Å². The van der Waals surface area contributed by atoms with Gasteiger partial charge in [-0.25, -0.2) is 4.98 Å². The number of halogens is 1. The molecule has 0 aliphatic carbocycles. The molecule has 0 fully saturated rings. The van der Waals surface area contributed by atoms with Gasteiger partial charge in [-0.15, -0.1) is 0 Å². The third-order valence-electron chi connectivity index (χ3n) is 1.97. The van der Waals surface area contributed by atoms with E-state index in [0.29, 0.717) is 5.02 Å². The molecule has 0 radical (unpaired) electrons. The van der Waals surface area contributed by atoms with Gasteiger partial charge in [0.2, 0.25) is 0 Å². The van der Waals surface area contributed by atoms with Gasteiger partial charge in [0.05, 0.1) is 22.6 Å². The van der Waals surface area contributed by atoms with Crippen LogP contribution in [-0.4, -0.2) is 9.38 Å². The van der Waals surface area contributed by atoms with Crippen LogP contribution < -0.4 is 5.73 Å². The molecule has 1 unspecified atom stereocenters. The number of hydrogen-bond acceptors (Lipinski definition) is 2. The highest BCUT2D eigenvalue weighted by molar-refractivity contribution is 6.34. The Bertz CT molecular complexity index is 433. The van der Waals surface area contributed by atoms with E-state index in [4.69, 9.17) is 17.3 Å². The van der Waals surface area contributed by atoms with Gasteiger partial charge in [0.25, 0.3) is 0 Å². The van der Waals surface area contributed by atoms with Crippen LogP contribution in [-0.2, 0) is 0 Å². The van der Waals surface area contributed by atoms with Gasteiger partial charge in [-0.1, -0.05) is 11.6 Å². The standard InChI is InChI=1S/C9H10ClN3/c1-6(11)8-9-7(10)3-2-4-13(9)5-12-8/h2-6H,11H2,1H3. The van der Waals surface area contributed by atoms with E-state index in [1.807, 2.05) is 29.7 Å². The van der Waals surface area contributed by atoms with E-state index in [0.717, 1.165) is 11.2 Å². The maximum absolute atomic E-state index is 6.03. The number of fused-ring (bicyclic) bond motifs is 1. The Kier molecular flexibility index (Phi) is 1.98. The molecule has 2 aromatic heterocycles. The van der Waals surface area contributed by atoms with Crippen LogP contribution in [0, 0.1) is 0 Å². The Balaban J connectivity index is 2.79. The highest BCUT2D eigenvalue weighted by Gasteiger charge is 2.10. The average Bonchev–Trinajstić information content (AvgIpc) is 2.49. The summed E-state index contributed by atoms with van der Waals surface area (Å²) >= 11 is 6.03. The molecule has 0 aromatic carbocycles. The van der Waals surface area contributed by atoms with Gasteiger partial charge in [-0.2, -0.15) is 0 Å². The zero-order valence-electron chi connectivity index (χ0n) is 7.24. The van der Waals surface area contributed by atoms with Gasteiger partial charge in [-0.05, 0) is 19.1 Å². The predicted molar refractivity (Wildman–Crippen MR) is 52.8 cm³/mol. The van der Waals surface area contributed by atoms with Gasteiger partial charge in [0, 0.05) is 12.2 Å². The van der Waals surface area contributed by atoms with Gasteiger partial charge < -0.3 is 10.1 Å². The molecule has 1 atom stereocenters. The molecule has 0 aliphatic rings. The molecule has 2 rings (SSSR count). The first-order chi connectivity index (χ1) is 6.20.